The van der Waals surface area contributed by atoms with Gasteiger partial charge >= 0.3 is 0 Å². The van der Waals surface area contributed by atoms with E-state index in [-0.39, 0.29) is 28.9 Å². The molecule has 1 amide bonds. The average molecular weight is 355 g/mol. The number of H-pyrrole nitrogens is 1. The molecule has 0 aliphatic heterocycles. The molecule has 9 nitrogen and oxygen atoms in total. The molecule has 1 aromatic heterocycles. The molecule has 9 heteroatoms. The average Bonchev–Trinajstić information content (AvgIpc) is 2.60. The second-order valence-electron chi connectivity index (χ2n) is 5.51. The fraction of sp³-hybridized carbons (Fsp3) is 0.0588. The van der Waals surface area contributed by atoms with Crippen molar-refractivity contribution in [3.05, 3.63) is 74.1 Å². The number of nitro groups is 1. The predicted octanol–water partition coefficient (Wildman–Crippen LogP) is 1.78. The van der Waals surface area contributed by atoms with Gasteiger partial charge in [-0.25, -0.2) is 0 Å². The van der Waals surface area contributed by atoms with Gasteiger partial charge in [0.1, 0.15) is 17.1 Å². The molecule has 0 saturated carbocycles. The van der Waals surface area contributed by atoms with Crippen LogP contribution in [0.5, 0.6) is 11.5 Å². The molecule has 2 aromatic carbocycles. The molecule has 0 radical (unpaired) electrons. The van der Waals surface area contributed by atoms with Crippen molar-refractivity contribution in [2.75, 3.05) is 0 Å². The van der Waals surface area contributed by atoms with Crippen LogP contribution in [0, 0.1) is 10.1 Å². The summed E-state index contributed by atoms with van der Waals surface area (Å²) < 4.78 is 0. The number of carbonyl (C=O) groups is 1. The van der Waals surface area contributed by atoms with Crippen LogP contribution in [0.2, 0.25) is 0 Å². The number of nitro benzene ring substituents is 1. The van der Waals surface area contributed by atoms with Crippen molar-refractivity contribution < 1.29 is 19.9 Å². The molecule has 3 rings (SSSR count). The summed E-state index contributed by atoms with van der Waals surface area (Å²) in [5, 5.41) is 32.9. The van der Waals surface area contributed by atoms with Crippen LogP contribution < -0.4 is 10.9 Å². The largest absolute Gasteiger partial charge is 0.508 e. The summed E-state index contributed by atoms with van der Waals surface area (Å²) in [6, 6.07) is 9.63. The number of nitrogens with one attached hydrogen (secondary N) is 2. The maximum Gasteiger partial charge on any atom is 0.271 e. The monoisotopic (exact) mass is 355 g/mol. The van der Waals surface area contributed by atoms with Gasteiger partial charge < -0.3 is 20.5 Å². The first-order valence-electron chi connectivity index (χ1n) is 7.46. The van der Waals surface area contributed by atoms with Crippen LogP contribution in [-0.2, 0) is 6.54 Å². The lowest BCUT2D eigenvalue weighted by molar-refractivity contribution is -0.384. The fourth-order valence-corrected chi connectivity index (χ4v) is 2.48. The number of hydrogen-bond donors (Lipinski definition) is 4. The van der Waals surface area contributed by atoms with Gasteiger partial charge in [0.05, 0.1) is 10.4 Å². The SMILES string of the molecule is O=C(NCc1ccc(O)cc1)c1c(O)c2ccc([N+](=O)[O-])cc2[nH]c1=O. The second-order valence-corrected chi connectivity index (χ2v) is 5.51. The van der Waals surface area contributed by atoms with Crippen molar-refractivity contribution >= 4 is 22.5 Å². The number of pyridine rings is 1. The number of fused-ring (bicyclic) bond motifs is 1. The van der Waals surface area contributed by atoms with Crippen LogP contribution in [0.1, 0.15) is 15.9 Å². The lowest BCUT2D eigenvalue weighted by atomic mass is 10.1. The van der Waals surface area contributed by atoms with Crippen molar-refractivity contribution in [1.82, 2.24) is 10.3 Å². The second kappa shape index (κ2) is 6.55. The minimum Gasteiger partial charge on any atom is -0.508 e. The van der Waals surface area contributed by atoms with Gasteiger partial charge in [-0.15, -0.1) is 0 Å². The molecule has 1 heterocycles. The van der Waals surface area contributed by atoms with Gasteiger partial charge in [0.25, 0.3) is 17.2 Å². The summed E-state index contributed by atoms with van der Waals surface area (Å²) in [4.78, 5) is 37.0. The first-order chi connectivity index (χ1) is 12.4. The highest BCUT2D eigenvalue weighted by molar-refractivity contribution is 6.02. The lowest BCUT2D eigenvalue weighted by Gasteiger charge is -2.09. The van der Waals surface area contributed by atoms with E-state index in [0.717, 1.165) is 6.07 Å². The van der Waals surface area contributed by atoms with Gasteiger partial charge in [-0.1, -0.05) is 12.1 Å². The van der Waals surface area contributed by atoms with Crippen LogP contribution in [0.15, 0.2) is 47.3 Å². The number of hydrogen-bond acceptors (Lipinski definition) is 6. The van der Waals surface area contributed by atoms with E-state index >= 15 is 0 Å². The van der Waals surface area contributed by atoms with Crippen molar-refractivity contribution in [3.8, 4) is 11.5 Å². The maximum atomic E-state index is 12.3. The molecule has 3 aromatic rings. The van der Waals surface area contributed by atoms with Crippen LogP contribution in [0.25, 0.3) is 10.9 Å². The third-order valence-electron chi connectivity index (χ3n) is 3.80. The van der Waals surface area contributed by atoms with E-state index in [4.69, 9.17) is 0 Å². The highest BCUT2D eigenvalue weighted by Gasteiger charge is 2.20. The van der Waals surface area contributed by atoms with Gasteiger partial charge in [0, 0.05) is 24.1 Å². The smallest absolute Gasteiger partial charge is 0.271 e. The van der Waals surface area contributed by atoms with Gasteiger partial charge in [-0.3, -0.25) is 19.7 Å². The Kier molecular flexibility index (Phi) is 4.27. The summed E-state index contributed by atoms with van der Waals surface area (Å²) in [6.07, 6.45) is 0. The van der Waals surface area contributed by atoms with Crippen molar-refractivity contribution in [2.24, 2.45) is 0 Å². The molecular weight excluding hydrogens is 342 g/mol. The number of aromatic nitrogens is 1. The Morgan fingerprint density at radius 3 is 2.50 bits per heavy atom. The minimum atomic E-state index is -0.862. The fourth-order valence-electron chi connectivity index (χ4n) is 2.48. The number of amides is 1. The van der Waals surface area contributed by atoms with Gasteiger partial charge in [-0.2, -0.15) is 0 Å². The Hall–Kier alpha value is -3.88. The highest BCUT2D eigenvalue weighted by atomic mass is 16.6. The highest BCUT2D eigenvalue weighted by Crippen LogP contribution is 2.27. The number of nitrogens with zero attached hydrogens (tertiary/aromatic N) is 1. The molecule has 0 unspecified atom stereocenters. The van der Waals surface area contributed by atoms with E-state index < -0.39 is 27.7 Å². The predicted molar refractivity (Wildman–Crippen MR) is 92.2 cm³/mol. The molecule has 26 heavy (non-hydrogen) atoms. The standard InChI is InChI=1S/C17H13N3O6/c21-11-4-1-9(2-5-11)8-18-16(23)14-15(22)12-6-3-10(20(25)26)7-13(12)19-17(14)24/h1-7,21H,8H2,(H,18,23)(H2,19,22,24). The molecular formula is C17H13N3O6. The van der Waals surface area contributed by atoms with Crippen molar-refractivity contribution in [1.29, 1.82) is 0 Å². The van der Waals surface area contributed by atoms with Crippen LogP contribution >= 0.6 is 0 Å². The molecule has 0 atom stereocenters. The zero-order valence-corrected chi connectivity index (χ0v) is 13.2. The molecule has 0 bridgehead atoms. The molecule has 0 aliphatic carbocycles. The Balaban J connectivity index is 1.92. The topological polar surface area (TPSA) is 146 Å². The lowest BCUT2D eigenvalue weighted by Crippen LogP contribution is -2.29. The van der Waals surface area contributed by atoms with Crippen molar-refractivity contribution in [3.63, 3.8) is 0 Å². The third-order valence-corrected chi connectivity index (χ3v) is 3.80. The number of phenols is 1. The summed E-state index contributed by atoms with van der Waals surface area (Å²) in [6.45, 7) is 0.0797. The van der Waals surface area contributed by atoms with Gasteiger partial charge in [0.2, 0.25) is 0 Å². The molecule has 0 saturated heterocycles. The number of non-ortho nitro benzene ring substituents is 1. The van der Waals surface area contributed by atoms with E-state index in [2.05, 4.69) is 10.3 Å². The molecule has 0 spiro atoms. The zero-order chi connectivity index (χ0) is 18.8. The molecule has 0 aliphatic rings. The number of phenolic OH excluding ortho intramolecular Hbond substituents is 1. The molecule has 0 fully saturated rings. The van der Waals surface area contributed by atoms with Crippen LogP contribution in [0.4, 0.5) is 5.69 Å². The van der Waals surface area contributed by atoms with Gasteiger partial charge in [0.15, 0.2) is 0 Å². The van der Waals surface area contributed by atoms with E-state index in [1.54, 1.807) is 12.1 Å². The zero-order valence-electron chi connectivity index (χ0n) is 13.2. The van der Waals surface area contributed by atoms with Gasteiger partial charge in [-0.05, 0) is 23.8 Å². The number of benzene rings is 2. The van der Waals surface area contributed by atoms with Crippen LogP contribution in [0.3, 0.4) is 0 Å². The first-order valence-corrected chi connectivity index (χ1v) is 7.46. The third kappa shape index (κ3) is 3.18. The van der Waals surface area contributed by atoms with E-state index in [1.807, 2.05) is 0 Å². The van der Waals surface area contributed by atoms with E-state index in [9.17, 15) is 29.9 Å². The van der Waals surface area contributed by atoms with E-state index in [1.165, 1.54) is 24.3 Å². The number of aromatic hydroxyl groups is 2. The number of carbonyl (C=O) groups excluding carboxylic acids is 1. The summed E-state index contributed by atoms with van der Waals surface area (Å²) in [7, 11) is 0. The van der Waals surface area contributed by atoms with E-state index in [0.29, 0.717) is 5.56 Å². The maximum absolute atomic E-state index is 12.3. The Morgan fingerprint density at radius 2 is 1.85 bits per heavy atom. The summed E-state index contributed by atoms with van der Waals surface area (Å²) in [5.41, 5.74) is -0.860. The number of rotatable bonds is 4. The Bertz CT molecular complexity index is 1070. The first kappa shape index (κ1) is 17.0. The quantitative estimate of drug-likeness (QED) is 0.414. The summed E-state index contributed by atoms with van der Waals surface area (Å²) >= 11 is 0. The Morgan fingerprint density at radius 1 is 1.15 bits per heavy atom. The minimum absolute atomic E-state index is 0.0526. The van der Waals surface area contributed by atoms with Crippen LogP contribution in [-0.4, -0.2) is 26.0 Å². The summed E-state index contributed by atoms with van der Waals surface area (Å²) in [5.74, 6) is -1.27. The van der Waals surface area contributed by atoms with Crippen molar-refractivity contribution in [2.45, 2.75) is 6.54 Å². The normalized spacial score (nSPS) is 10.6. The number of aromatic amines is 1. The Labute approximate surface area is 145 Å². The molecule has 132 valence electrons. The molecule has 4 N–H and O–H groups in total.